The number of nitrogens with one attached hydrogen (secondary N) is 1. The Balaban J connectivity index is 3.77. The third-order valence-electron chi connectivity index (χ3n) is 6.10. The maximum Gasteiger partial charge on any atom is 0.220 e. The highest BCUT2D eigenvalue weighted by atomic mass is 16.3. The van der Waals surface area contributed by atoms with Crippen molar-refractivity contribution in [2.24, 2.45) is 0 Å². The van der Waals surface area contributed by atoms with Gasteiger partial charge in [-0.25, -0.2) is 0 Å². The van der Waals surface area contributed by atoms with Crippen molar-refractivity contribution in [2.75, 3.05) is 6.61 Å². The van der Waals surface area contributed by atoms with Crippen LogP contribution in [0.15, 0.2) is 36.5 Å². The van der Waals surface area contributed by atoms with Crippen LogP contribution in [0.3, 0.4) is 0 Å². The summed E-state index contributed by atoms with van der Waals surface area (Å²) in [6.07, 6.45) is 32.1. The Kier molecular flexibility index (Phi) is 25.1. The van der Waals surface area contributed by atoms with E-state index in [1.165, 1.54) is 64.2 Å². The zero-order chi connectivity index (χ0) is 25.1. The average Bonchev–Trinajstić information content (AvgIpc) is 2.84. The number of rotatable bonds is 24. The second-order valence-corrected chi connectivity index (χ2v) is 9.45. The first-order chi connectivity index (χ1) is 16.7. The van der Waals surface area contributed by atoms with E-state index < -0.39 is 12.1 Å². The van der Waals surface area contributed by atoms with E-state index >= 15 is 0 Å². The van der Waals surface area contributed by atoms with Gasteiger partial charge in [0.05, 0.1) is 18.8 Å². The third kappa shape index (κ3) is 22.4. The summed E-state index contributed by atoms with van der Waals surface area (Å²) in [5.74, 6) is -0.0903. The summed E-state index contributed by atoms with van der Waals surface area (Å²) in [5.41, 5.74) is 0. The number of hydrogen-bond acceptors (Lipinski definition) is 3. The maximum atomic E-state index is 12.2. The zero-order valence-corrected chi connectivity index (χ0v) is 22.4. The van der Waals surface area contributed by atoms with Gasteiger partial charge < -0.3 is 15.5 Å². The minimum atomic E-state index is -0.859. The smallest absolute Gasteiger partial charge is 0.220 e. The average molecular weight is 478 g/mol. The molecule has 4 nitrogen and oxygen atoms in total. The highest BCUT2D eigenvalue weighted by Gasteiger charge is 2.17. The van der Waals surface area contributed by atoms with Gasteiger partial charge in [-0.1, -0.05) is 102 Å². The molecule has 1 amide bonds. The summed E-state index contributed by atoms with van der Waals surface area (Å²) >= 11 is 0. The molecule has 0 unspecified atom stereocenters. The fourth-order valence-electron chi connectivity index (χ4n) is 3.83. The van der Waals surface area contributed by atoms with Crippen LogP contribution < -0.4 is 5.32 Å². The van der Waals surface area contributed by atoms with E-state index in [4.69, 9.17) is 0 Å². The van der Waals surface area contributed by atoms with E-state index in [1.54, 1.807) is 6.08 Å². The molecule has 3 N–H and O–H groups in total. The molecule has 0 fully saturated rings. The van der Waals surface area contributed by atoms with Crippen molar-refractivity contribution in [2.45, 2.75) is 142 Å². The molecule has 0 aromatic carbocycles. The van der Waals surface area contributed by atoms with Gasteiger partial charge >= 0.3 is 0 Å². The topological polar surface area (TPSA) is 69.6 Å². The molecule has 0 aliphatic heterocycles. The van der Waals surface area contributed by atoms with Gasteiger partial charge in [0.25, 0.3) is 0 Å². The second-order valence-electron chi connectivity index (χ2n) is 9.45. The number of aliphatic hydroxyl groups is 2. The summed E-state index contributed by atoms with van der Waals surface area (Å²) in [7, 11) is 0. The van der Waals surface area contributed by atoms with Crippen LogP contribution in [0.5, 0.6) is 0 Å². The molecule has 4 heteroatoms. The van der Waals surface area contributed by atoms with Crippen LogP contribution in [-0.4, -0.2) is 34.9 Å². The van der Waals surface area contributed by atoms with Crippen LogP contribution in [0.1, 0.15) is 129 Å². The van der Waals surface area contributed by atoms with Crippen molar-refractivity contribution in [3.63, 3.8) is 0 Å². The largest absolute Gasteiger partial charge is 0.394 e. The maximum absolute atomic E-state index is 12.2. The SMILES string of the molecule is CCCCC/C=C/CC/C=C/[C@@H](O)[C@H](CO)NC(=O)CCCCCCC/C=C/CCCCCC. The standard InChI is InChI=1S/C30H55NO3/c1-3-5-7-9-11-13-14-15-16-18-20-22-24-26-30(34)31-28(27-32)29(33)25-23-21-19-17-12-10-8-6-4-2/h12-14,17,23,25,28-29,32-33H,3-11,15-16,18-22,24,26-27H2,1-2H3,(H,31,34)/b14-13+,17-12+,25-23+/t28-,29+/m0/s1. The van der Waals surface area contributed by atoms with E-state index in [-0.39, 0.29) is 12.5 Å². The van der Waals surface area contributed by atoms with Crippen LogP contribution in [0.4, 0.5) is 0 Å². The number of unbranched alkanes of at least 4 members (excludes halogenated alkanes) is 13. The fourth-order valence-corrected chi connectivity index (χ4v) is 3.83. The number of allylic oxidation sites excluding steroid dienone is 5. The molecule has 0 heterocycles. The van der Waals surface area contributed by atoms with Gasteiger partial charge in [0.2, 0.25) is 5.91 Å². The van der Waals surface area contributed by atoms with Crippen molar-refractivity contribution in [3.05, 3.63) is 36.5 Å². The zero-order valence-electron chi connectivity index (χ0n) is 22.4. The van der Waals surface area contributed by atoms with Crippen LogP contribution in [-0.2, 0) is 4.79 Å². The first-order valence-electron chi connectivity index (χ1n) is 14.2. The van der Waals surface area contributed by atoms with Gasteiger partial charge in [-0.3, -0.25) is 4.79 Å². The quantitative estimate of drug-likeness (QED) is 0.0992. The lowest BCUT2D eigenvalue weighted by molar-refractivity contribution is -0.123. The lowest BCUT2D eigenvalue weighted by Crippen LogP contribution is -2.45. The summed E-state index contributed by atoms with van der Waals surface area (Å²) < 4.78 is 0. The molecule has 0 saturated carbocycles. The molecule has 0 aromatic heterocycles. The van der Waals surface area contributed by atoms with Crippen LogP contribution in [0.2, 0.25) is 0 Å². The Bertz CT molecular complexity index is 527. The van der Waals surface area contributed by atoms with Crippen LogP contribution in [0, 0.1) is 0 Å². The van der Waals surface area contributed by atoms with Gasteiger partial charge in [0.15, 0.2) is 0 Å². The first kappa shape index (κ1) is 32.6. The molecule has 0 aromatic rings. The predicted octanol–water partition coefficient (Wildman–Crippen LogP) is 7.55. The van der Waals surface area contributed by atoms with Crippen LogP contribution in [0.25, 0.3) is 0 Å². The van der Waals surface area contributed by atoms with E-state index in [0.29, 0.717) is 6.42 Å². The molecule has 0 aliphatic rings. The Morgan fingerprint density at radius 1 is 0.676 bits per heavy atom. The predicted molar refractivity (Wildman–Crippen MR) is 147 cm³/mol. The molecule has 198 valence electrons. The summed E-state index contributed by atoms with van der Waals surface area (Å²) in [6, 6.07) is -0.637. The Morgan fingerprint density at radius 3 is 1.76 bits per heavy atom. The molecular weight excluding hydrogens is 422 g/mol. The number of aliphatic hydroxyl groups excluding tert-OH is 2. The monoisotopic (exact) mass is 477 g/mol. The highest BCUT2D eigenvalue weighted by Crippen LogP contribution is 2.09. The number of amides is 1. The third-order valence-corrected chi connectivity index (χ3v) is 6.10. The number of carbonyl (C=O) groups excluding carboxylic acids is 1. The molecule has 0 saturated heterocycles. The molecular formula is C30H55NO3. The number of carbonyl (C=O) groups is 1. The van der Waals surface area contributed by atoms with Crippen molar-refractivity contribution in [3.8, 4) is 0 Å². The normalized spacial score (nSPS) is 13.9. The molecule has 0 radical (unpaired) electrons. The number of hydrogen-bond donors (Lipinski definition) is 3. The molecule has 0 spiro atoms. The second kappa shape index (κ2) is 26.2. The lowest BCUT2D eigenvalue weighted by Gasteiger charge is -2.19. The first-order valence-corrected chi connectivity index (χ1v) is 14.2. The Hall–Kier alpha value is -1.39. The van der Waals surface area contributed by atoms with E-state index in [9.17, 15) is 15.0 Å². The molecule has 0 bridgehead atoms. The Morgan fingerprint density at radius 2 is 1.15 bits per heavy atom. The van der Waals surface area contributed by atoms with Gasteiger partial charge in [-0.15, -0.1) is 0 Å². The summed E-state index contributed by atoms with van der Waals surface area (Å²) in [4.78, 5) is 12.2. The lowest BCUT2D eigenvalue weighted by atomic mass is 10.1. The van der Waals surface area contributed by atoms with Crippen molar-refractivity contribution in [1.29, 1.82) is 0 Å². The van der Waals surface area contributed by atoms with Crippen molar-refractivity contribution < 1.29 is 15.0 Å². The highest BCUT2D eigenvalue weighted by molar-refractivity contribution is 5.76. The van der Waals surface area contributed by atoms with E-state index in [2.05, 4.69) is 43.5 Å². The van der Waals surface area contributed by atoms with Crippen molar-refractivity contribution >= 4 is 5.91 Å². The van der Waals surface area contributed by atoms with Gasteiger partial charge in [-0.2, -0.15) is 0 Å². The van der Waals surface area contributed by atoms with E-state index in [0.717, 1.165) is 44.9 Å². The summed E-state index contributed by atoms with van der Waals surface area (Å²) in [5, 5.41) is 22.6. The Labute approximate surface area is 211 Å². The minimum absolute atomic E-state index is 0.0903. The molecule has 34 heavy (non-hydrogen) atoms. The minimum Gasteiger partial charge on any atom is -0.394 e. The molecule has 2 atom stereocenters. The molecule has 0 rings (SSSR count). The van der Waals surface area contributed by atoms with Gasteiger partial charge in [0, 0.05) is 6.42 Å². The molecule has 0 aliphatic carbocycles. The van der Waals surface area contributed by atoms with Crippen molar-refractivity contribution in [1.82, 2.24) is 5.32 Å². The fraction of sp³-hybridized carbons (Fsp3) is 0.767. The van der Waals surface area contributed by atoms with E-state index in [1.807, 2.05) is 6.08 Å². The van der Waals surface area contributed by atoms with Gasteiger partial charge in [-0.05, 0) is 57.8 Å². The summed E-state index contributed by atoms with van der Waals surface area (Å²) in [6.45, 7) is 4.19. The van der Waals surface area contributed by atoms with Gasteiger partial charge in [0.1, 0.15) is 0 Å². The van der Waals surface area contributed by atoms with Crippen LogP contribution >= 0.6 is 0 Å².